The Kier molecular flexibility index (Phi) is 7.39. The lowest BCUT2D eigenvalue weighted by Crippen LogP contribution is -2.40. The molecule has 2 N–H and O–H groups in total. The van der Waals surface area contributed by atoms with Gasteiger partial charge in [0, 0.05) is 18.7 Å². The van der Waals surface area contributed by atoms with Crippen LogP contribution < -0.4 is 19.5 Å². The number of nitrogens with one attached hydrogen (secondary N) is 1. The molecule has 0 spiro atoms. The third kappa shape index (κ3) is 5.33. The number of hydrogen-bond donors (Lipinski definition) is 2. The molecule has 3 heterocycles. The van der Waals surface area contributed by atoms with Gasteiger partial charge in [0.1, 0.15) is 23.1 Å². The minimum Gasteiger partial charge on any atom is -0.507 e. The predicted octanol–water partition coefficient (Wildman–Crippen LogP) is 5.63. The van der Waals surface area contributed by atoms with E-state index in [0.717, 1.165) is 16.7 Å². The van der Waals surface area contributed by atoms with Crippen LogP contribution in [-0.4, -0.2) is 48.6 Å². The number of amides is 2. The molecular weight excluding hydrogens is 539 g/mol. The maximum absolute atomic E-state index is 13.8. The van der Waals surface area contributed by atoms with E-state index in [2.05, 4.69) is 5.32 Å². The van der Waals surface area contributed by atoms with E-state index in [4.69, 9.17) is 14.2 Å². The van der Waals surface area contributed by atoms with E-state index >= 15 is 0 Å². The zero-order chi connectivity index (χ0) is 29.2. The van der Waals surface area contributed by atoms with Gasteiger partial charge in [0.15, 0.2) is 11.5 Å². The van der Waals surface area contributed by atoms with Gasteiger partial charge in [0.2, 0.25) is 0 Å². The fourth-order valence-electron chi connectivity index (χ4n) is 5.42. The van der Waals surface area contributed by atoms with Crippen LogP contribution in [0.1, 0.15) is 49.9 Å². The first-order valence-electron chi connectivity index (χ1n) is 13.7. The highest BCUT2D eigenvalue weighted by Gasteiger charge is 2.34. The lowest BCUT2D eigenvalue weighted by molar-refractivity contribution is 0.0693. The van der Waals surface area contributed by atoms with Crippen LogP contribution >= 0.6 is 0 Å². The van der Waals surface area contributed by atoms with Crippen LogP contribution in [0.3, 0.4) is 0 Å². The summed E-state index contributed by atoms with van der Waals surface area (Å²) in [5.41, 5.74) is 3.16. The van der Waals surface area contributed by atoms with Crippen molar-refractivity contribution >= 4 is 11.8 Å². The highest BCUT2D eigenvalue weighted by molar-refractivity contribution is 5.97. The van der Waals surface area contributed by atoms with E-state index in [1.165, 1.54) is 43.5 Å². The lowest BCUT2D eigenvalue weighted by Gasteiger charge is -2.38. The molecule has 4 aromatic carbocycles. The van der Waals surface area contributed by atoms with Crippen LogP contribution in [0.15, 0.2) is 78.9 Å². The number of carbonyl (C=O) groups excluding carboxylic acids is 2. The van der Waals surface area contributed by atoms with E-state index in [9.17, 15) is 19.1 Å². The monoisotopic (exact) mass is 568 g/mol. The zero-order valence-corrected chi connectivity index (χ0v) is 22.9. The smallest absolute Gasteiger partial charge is 0.255 e. The quantitative estimate of drug-likeness (QED) is 0.325. The maximum Gasteiger partial charge on any atom is 0.255 e. The Morgan fingerprint density at radius 2 is 1.88 bits per heavy atom. The van der Waals surface area contributed by atoms with Crippen molar-refractivity contribution in [2.24, 2.45) is 0 Å². The number of phenols is 1. The molecule has 3 aliphatic rings. The SMILES string of the molecule is COc1cc2c3cc1Oc1ccc(O)c(c1)C(=O)NCCCOc1cccc(c1)C2N(C(=O)c1ccc(F)cc1)CC3. The number of ether oxygens (including phenoxy) is 3. The third-order valence-electron chi connectivity index (χ3n) is 7.50. The molecular formula is C33H29FN2O6. The summed E-state index contributed by atoms with van der Waals surface area (Å²) in [5, 5.41) is 13.1. The van der Waals surface area contributed by atoms with Crippen molar-refractivity contribution in [1.82, 2.24) is 10.2 Å². The number of benzene rings is 4. The van der Waals surface area contributed by atoms with E-state index in [0.29, 0.717) is 61.1 Å². The fraction of sp³-hybridized carbons (Fsp3) is 0.212. The summed E-state index contributed by atoms with van der Waals surface area (Å²) in [5.74, 6) is 0.638. The number of hydrogen-bond acceptors (Lipinski definition) is 6. The summed E-state index contributed by atoms with van der Waals surface area (Å²) in [7, 11) is 1.53. The number of fused-ring (bicyclic) bond motifs is 6. The van der Waals surface area contributed by atoms with Crippen molar-refractivity contribution in [3.63, 3.8) is 0 Å². The van der Waals surface area contributed by atoms with Gasteiger partial charge in [-0.2, -0.15) is 0 Å². The van der Waals surface area contributed by atoms with Gasteiger partial charge >= 0.3 is 0 Å². The molecule has 4 aromatic rings. The molecule has 0 saturated carbocycles. The van der Waals surface area contributed by atoms with E-state index in [-0.39, 0.29) is 17.2 Å². The van der Waals surface area contributed by atoms with Crippen LogP contribution in [0.2, 0.25) is 0 Å². The Bertz CT molecular complexity index is 1660. The first kappa shape index (κ1) is 27.1. The first-order chi connectivity index (χ1) is 20.4. The number of carbonyl (C=O) groups is 2. The fourth-order valence-corrected chi connectivity index (χ4v) is 5.42. The van der Waals surface area contributed by atoms with Crippen molar-refractivity contribution in [3.05, 3.63) is 112 Å². The topological polar surface area (TPSA) is 97.3 Å². The van der Waals surface area contributed by atoms with Crippen molar-refractivity contribution in [2.75, 3.05) is 26.8 Å². The average Bonchev–Trinajstić information content (AvgIpc) is 3.00. The molecule has 7 rings (SSSR count). The molecule has 214 valence electrons. The van der Waals surface area contributed by atoms with Gasteiger partial charge in [-0.25, -0.2) is 4.39 Å². The molecule has 0 saturated heterocycles. The van der Waals surface area contributed by atoms with Gasteiger partial charge < -0.3 is 29.5 Å². The van der Waals surface area contributed by atoms with Gasteiger partial charge in [0.25, 0.3) is 11.8 Å². The number of rotatable bonds is 2. The van der Waals surface area contributed by atoms with Gasteiger partial charge in [0.05, 0.1) is 25.3 Å². The number of methoxy groups -OCH3 is 1. The molecule has 0 radical (unpaired) electrons. The van der Waals surface area contributed by atoms with Crippen LogP contribution in [0.25, 0.3) is 0 Å². The summed E-state index contributed by atoms with van der Waals surface area (Å²) < 4.78 is 31.6. The third-order valence-corrected chi connectivity index (χ3v) is 7.50. The molecule has 1 unspecified atom stereocenters. The van der Waals surface area contributed by atoms with Crippen molar-refractivity contribution < 1.29 is 33.3 Å². The second-order valence-corrected chi connectivity index (χ2v) is 10.2. The summed E-state index contributed by atoms with van der Waals surface area (Å²) in [6, 6.07) is 20.9. The minimum atomic E-state index is -0.476. The Hall–Kier alpha value is -5.05. The molecule has 42 heavy (non-hydrogen) atoms. The number of nitrogens with zero attached hydrogens (tertiary/aromatic N) is 1. The highest BCUT2D eigenvalue weighted by Crippen LogP contribution is 2.43. The highest BCUT2D eigenvalue weighted by atomic mass is 19.1. The zero-order valence-electron chi connectivity index (χ0n) is 22.9. The normalized spacial score (nSPS) is 16.4. The molecule has 3 aliphatic heterocycles. The molecule has 8 nitrogen and oxygen atoms in total. The first-order valence-corrected chi connectivity index (χ1v) is 13.7. The average molecular weight is 569 g/mol. The number of halogens is 1. The van der Waals surface area contributed by atoms with Gasteiger partial charge in [-0.05, 0) is 96.3 Å². The number of phenolic OH excluding ortho intramolecular Hbond substituents is 1. The molecule has 9 heteroatoms. The minimum absolute atomic E-state index is 0.0918. The van der Waals surface area contributed by atoms with E-state index in [1.807, 2.05) is 36.4 Å². The van der Waals surface area contributed by atoms with Crippen LogP contribution in [0.4, 0.5) is 4.39 Å². The largest absolute Gasteiger partial charge is 0.507 e. The van der Waals surface area contributed by atoms with Gasteiger partial charge in [-0.3, -0.25) is 9.59 Å². The van der Waals surface area contributed by atoms with Gasteiger partial charge in [-0.15, -0.1) is 0 Å². The second-order valence-electron chi connectivity index (χ2n) is 10.2. The van der Waals surface area contributed by atoms with Crippen LogP contribution in [-0.2, 0) is 6.42 Å². The van der Waals surface area contributed by atoms with Crippen molar-refractivity contribution in [3.8, 4) is 28.7 Å². The van der Waals surface area contributed by atoms with E-state index < -0.39 is 17.8 Å². The Morgan fingerprint density at radius 1 is 1.05 bits per heavy atom. The number of aromatic hydroxyl groups is 1. The van der Waals surface area contributed by atoms with Crippen molar-refractivity contribution in [1.29, 1.82) is 0 Å². The second kappa shape index (κ2) is 11.4. The molecule has 8 bridgehead atoms. The standard InChI is InChI=1S/C33H29FN2O6/c1-40-29-19-26-21-12-14-36(33(39)20-6-8-23(34)9-7-20)31(26)22-4-2-5-24(16-22)41-15-3-13-35-32(38)27-18-25(10-11-28(27)37)42-30(29)17-21/h2,4-11,16-19,31,37H,3,12-15H2,1H3,(H,35,38). The molecule has 2 amide bonds. The molecule has 0 aromatic heterocycles. The molecule has 1 atom stereocenters. The summed E-state index contributed by atoms with van der Waals surface area (Å²) >= 11 is 0. The predicted molar refractivity (Wildman–Crippen MR) is 153 cm³/mol. The Balaban J connectivity index is 1.48. The summed E-state index contributed by atoms with van der Waals surface area (Å²) in [6.45, 7) is 1.09. The summed E-state index contributed by atoms with van der Waals surface area (Å²) in [6.07, 6.45) is 1.08. The van der Waals surface area contributed by atoms with Gasteiger partial charge in [-0.1, -0.05) is 12.1 Å². The Morgan fingerprint density at radius 3 is 2.69 bits per heavy atom. The van der Waals surface area contributed by atoms with Crippen LogP contribution in [0.5, 0.6) is 28.7 Å². The molecule has 0 fully saturated rings. The van der Waals surface area contributed by atoms with Crippen LogP contribution in [0, 0.1) is 5.82 Å². The Labute approximate surface area is 242 Å². The van der Waals surface area contributed by atoms with Crippen molar-refractivity contribution in [2.45, 2.75) is 18.9 Å². The summed E-state index contributed by atoms with van der Waals surface area (Å²) in [4.78, 5) is 28.4. The maximum atomic E-state index is 13.8. The molecule has 0 aliphatic carbocycles. The lowest BCUT2D eigenvalue weighted by atomic mass is 9.87. The van der Waals surface area contributed by atoms with E-state index in [1.54, 1.807) is 11.0 Å².